The Hall–Kier alpha value is -4.07. The first-order chi connectivity index (χ1) is 19.2. The maximum Gasteiger partial charge on any atom is 0.407 e. The first kappa shape index (κ1) is 27.5. The quantitative estimate of drug-likeness (QED) is 0.495. The number of carboxylic acid groups (broad SMARTS) is 1. The largest absolute Gasteiger partial charge is 0.465 e. The van der Waals surface area contributed by atoms with Crippen molar-refractivity contribution in [3.8, 4) is 0 Å². The molecule has 3 heterocycles. The molecule has 2 aromatic carbocycles. The number of carbonyl (C=O) groups is 4. The number of rotatable bonds is 5. The Kier molecular flexibility index (Phi) is 7.96. The Morgan fingerprint density at radius 3 is 2.50 bits per heavy atom. The average molecular weight is 557 g/mol. The van der Waals surface area contributed by atoms with Gasteiger partial charge < -0.3 is 39.7 Å². The molecule has 12 nitrogen and oxygen atoms in total. The minimum Gasteiger partial charge on any atom is -0.465 e. The predicted molar refractivity (Wildman–Crippen MR) is 138 cm³/mol. The van der Waals surface area contributed by atoms with Crippen LogP contribution in [0.15, 0.2) is 36.4 Å². The van der Waals surface area contributed by atoms with Crippen LogP contribution < -0.4 is 10.2 Å². The molecule has 3 aliphatic rings. The second-order valence-electron chi connectivity index (χ2n) is 9.72. The summed E-state index contributed by atoms with van der Waals surface area (Å²) in [5.74, 6) is -2.80. The monoisotopic (exact) mass is 556 g/mol. The number of nitrogens with one attached hydrogen (secondary N) is 1. The van der Waals surface area contributed by atoms with Crippen molar-refractivity contribution in [2.24, 2.45) is 0 Å². The fourth-order valence-corrected chi connectivity index (χ4v) is 5.02. The smallest absolute Gasteiger partial charge is 0.407 e. The highest BCUT2D eigenvalue weighted by atomic mass is 19.1. The van der Waals surface area contributed by atoms with Crippen LogP contribution in [0.25, 0.3) is 0 Å². The molecule has 0 aliphatic carbocycles. The van der Waals surface area contributed by atoms with Crippen LogP contribution in [0.5, 0.6) is 0 Å². The number of ether oxygens (including phenoxy) is 2. The van der Waals surface area contributed by atoms with E-state index in [9.17, 15) is 33.8 Å². The van der Waals surface area contributed by atoms with Crippen LogP contribution in [0, 0.1) is 5.82 Å². The lowest BCUT2D eigenvalue weighted by molar-refractivity contribution is -0.150. The van der Waals surface area contributed by atoms with Crippen LogP contribution in [0.3, 0.4) is 0 Å². The second-order valence-corrected chi connectivity index (χ2v) is 9.72. The molecule has 5 rings (SSSR count). The number of benzene rings is 2. The number of nitrogens with zero attached hydrogens (tertiary/aromatic N) is 3. The molecule has 3 N–H and O–H groups in total. The molecule has 2 fully saturated rings. The van der Waals surface area contributed by atoms with E-state index in [2.05, 4.69) is 5.32 Å². The number of fused-ring (bicyclic) bond motifs is 1. The molecule has 13 heteroatoms. The molecule has 0 aromatic heterocycles. The molecule has 2 aromatic rings. The number of aliphatic hydroxyl groups excluding tert-OH is 1. The number of morpholine rings is 2. The van der Waals surface area contributed by atoms with Crippen LogP contribution in [0.2, 0.25) is 0 Å². The Balaban J connectivity index is 1.27. The zero-order valence-corrected chi connectivity index (χ0v) is 21.5. The summed E-state index contributed by atoms with van der Waals surface area (Å²) in [5, 5.41) is 22.5. The van der Waals surface area contributed by atoms with Gasteiger partial charge in [0.25, 0.3) is 17.7 Å². The van der Waals surface area contributed by atoms with Crippen molar-refractivity contribution in [1.82, 2.24) is 9.80 Å². The molecule has 2 saturated heterocycles. The first-order valence-corrected chi connectivity index (χ1v) is 12.9. The number of anilines is 2. The highest BCUT2D eigenvalue weighted by molar-refractivity contribution is 6.04. The summed E-state index contributed by atoms with van der Waals surface area (Å²) in [6.07, 6.45) is -3.89. The second kappa shape index (κ2) is 11.6. The van der Waals surface area contributed by atoms with Gasteiger partial charge in [-0.05, 0) is 47.9 Å². The van der Waals surface area contributed by atoms with Crippen molar-refractivity contribution in [2.75, 3.05) is 56.2 Å². The summed E-state index contributed by atoms with van der Waals surface area (Å²) in [6, 6.07) is 8.77. The van der Waals surface area contributed by atoms with E-state index in [4.69, 9.17) is 9.47 Å². The van der Waals surface area contributed by atoms with Crippen molar-refractivity contribution in [3.63, 3.8) is 0 Å². The van der Waals surface area contributed by atoms with Crippen LogP contribution in [0.4, 0.5) is 20.6 Å². The highest BCUT2D eigenvalue weighted by Crippen LogP contribution is 2.26. The third-order valence-electron chi connectivity index (χ3n) is 7.22. The Labute approximate surface area is 228 Å². The molecule has 0 bridgehead atoms. The lowest BCUT2D eigenvalue weighted by atomic mass is 9.99. The maximum absolute atomic E-state index is 14.6. The molecule has 212 valence electrons. The molecular formula is C27H29FN4O8. The molecule has 4 amide bonds. The van der Waals surface area contributed by atoms with Crippen molar-refractivity contribution >= 4 is 35.2 Å². The van der Waals surface area contributed by atoms with Gasteiger partial charge in [0.15, 0.2) is 12.2 Å². The Bertz CT molecular complexity index is 1330. The standard InChI is InChI=1S/C27H29FN4O8/c28-21-4-3-19(14-20(21)25(35)30-7-10-39-11-8-30)32-9-12-40-23(26(32)36)22(33)24(34)29-18-2-1-17-15-31(27(37)38)6-5-16(17)13-18/h1-4,13-14,22-23,33H,5-12,15H2,(H,29,34)(H,37,38)/t22-,23-/m1/s1. The van der Waals surface area contributed by atoms with Gasteiger partial charge in [-0.3, -0.25) is 14.4 Å². The van der Waals surface area contributed by atoms with Gasteiger partial charge in [0.1, 0.15) is 5.82 Å². The van der Waals surface area contributed by atoms with Crippen LogP contribution in [-0.4, -0.2) is 102 Å². The normalized spacial score (nSPS) is 20.1. The van der Waals surface area contributed by atoms with Crippen LogP contribution in [-0.2, 0) is 32.0 Å². The minimum absolute atomic E-state index is 0.00376. The fourth-order valence-electron chi connectivity index (χ4n) is 5.02. The number of carbonyl (C=O) groups excluding carboxylic acids is 3. The molecule has 40 heavy (non-hydrogen) atoms. The van der Waals surface area contributed by atoms with Gasteiger partial charge in [0.05, 0.1) is 25.4 Å². The van der Waals surface area contributed by atoms with E-state index < -0.39 is 41.8 Å². The zero-order chi connectivity index (χ0) is 28.4. The van der Waals surface area contributed by atoms with Crippen molar-refractivity contribution in [1.29, 1.82) is 0 Å². The summed E-state index contributed by atoms with van der Waals surface area (Å²) < 4.78 is 25.3. The Morgan fingerprint density at radius 1 is 0.975 bits per heavy atom. The molecule has 2 atom stereocenters. The number of aliphatic hydroxyl groups is 1. The summed E-state index contributed by atoms with van der Waals surface area (Å²) >= 11 is 0. The van der Waals surface area contributed by atoms with Gasteiger partial charge in [-0.2, -0.15) is 0 Å². The Morgan fingerprint density at radius 2 is 1.75 bits per heavy atom. The summed E-state index contributed by atoms with van der Waals surface area (Å²) in [7, 11) is 0. The summed E-state index contributed by atoms with van der Waals surface area (Å²) in [5.41, 5.74) is 2.14. The maximum atomic E-state index is 14.6. The van der Waals surface area contributed by atoms with Crippen molar-refractivity contribution in [2.45, 2.75) is 25.2 Å². The van der Waals surface area contributed by atoms with Gasteiger partial charge in [0.2, 0.25) is 0 Å². The van der Waals surface area contributed by atoms with Gasteiger partial charge in [0, 0.05) is 44.1 Å². The molecule has 0 radical (unpaired) electrons. The lowest BCUT2D eigenvalue weighted by Gasteiger charge is -2.34. The van der Waals surface area contributed by atoms with Crippen LogP contribution >= 0.6 is 0 Å². The van der Waals surface area contributed by atoms with E-state index in [0.29, 0.717) is 45.0 Å². The number of amides is 4. The lowest BCUT2D eigenvalue weighted by Crippen LogP contribution is -2.55. The van der Waals surface area contributed by atoms with E-state index in [-0.39, 0.29) is 30.9 Å². The van der Waals surface area contributed by atoms with E-state index in [1.807, 2.05) is 0 Å². The van der Waals surface area contributed by atoms with E-state index >= 15 is 0 Å². The predicted octanol–water partition coefficient (Wildman–Crippen LogP) is 1.07. The topological polar surface area (TPSA) is 149 Å². The molecule has 0 unspecified atom stereocenters. The number of hydrogen-bond acceptors (Lipinski definition) is 7. The minimum atomic E-state index is -1.84. The van der Waals surface area contributed by atoms with Crippen LogP contribution in [0.1, 0.15) is 21.5 Å². The summed E-state index contributed by atoms with van der Waals surface area (Å²) in [6.45, 7) is 2.01. The average Bonchev–Trinajstić information content (AvgIpc) is 2.97. The van der Waals surface area contributed by atoms with E-state index in [1.165, 1.54) is 26.8 Å². The molecule has 0 spiro atoms. The number of hydrogen-bond donors (Lipinski definition) is 3. The van der Waals surface area contributed by atoms with E-state index in [0.717, 1.165) is 17.2 Å². The van der Waals surface area contributed by atoms with Gasteiger partial charge in [-0.25, -0.2) is 9.18 Å². The SMILES string of the molecule is O=C(Nc1ccc2c(c1)CCN(C(=O)O)C2)[C@H](O)[C@H]1OCCN(c2ccc(F)c(C(=O)N3CCOCC3)c2)C1=O. The van der Waals surface area contributed by atoms with Crippen molar-refractivity contribution < 1.29 is 43.3 Å². The molecule has 0 saturated carbocycles. The molecular weight excluding hydrogens is 527 g/mol. The summed E-state index contributed by atoms with van der Waals surface area (Å²) in [4.78, 5) is 54.3. The third-order valence-corrected chi connectivity index (χ3v) is 7.22. The van der Waals surface area contributed by atoms with Crippen molar-refractivity contribution in [3.05, 3.63) is 58.9 Å². The first-order valence-electron chi connectivity index (χ1n) is 12.9. The van der Waals surface area contributed by atoms with E-state index in [1.54, 1.807) is 18.2 Å². The highest BCUT2D eigenvalue weighted by Gasteiger charge is 2.40. The fraction of sp³-hybridized carbons (Fsp3) is 0.407. The third kappa shape index (κ3) is 5.62. The van der Waals surface area contributed by atoms with Gasteiger partial charge >= 0.3 is 6.09 Å². The van der Waals surface area contributed by atoms with Gasteiger partial charge in [-0.15, -0.1) is 0 Å². The van der Waals surface area contributed by atoms with Gasteiger partial charge in [-0.1, -0.05) is 6.07 Å². The zero-order valence-electron chi connectivity index (χ0n) is 21.5. The molecule has 3 aliphatic heterocycles. The number of halogens is 1.